The highest BCUT2D eigenvalue weighted by atomic mass is 32.1. The van der Waals surface area contributed by atoms with E-state index < -0.39 is 0 Å². The van der Waals surface area contributed by atoms with Crippen LogP contribution >= 0.6 is 12.2 Å². The molecule has 0 aliphatic heterocycles. The van der Waals surface area contributed by atoms with Crippen molar-refractivity contribution in [2.75, 3.05) is 0 Å². The number of hydrogen-bond acceptors (Lipinski definition) is 1. The highest BCUT2D eigenvalue weighted by Gasteiger charge is 2.12. The number of nitrogens with one attached hydrogen (secondary N) is 1. The Kier molecular flexibility index (Phi) is 2.14. The quantitative estimate of drug-likeness (QED) is 0.587. The number of H-pyrrole nitrogens is 1. The molecule has 1 aromatic rings. The van der Waals surface area contributed by atoms with Crippen molar-refractivity contribution in [2.45, 2.75) is 26.2 Å². The van der Waals surface area contributed by atoms with Crippen molar-refractivity contribution in [1.82, 2.24) is 4.98 Å². The molecule has 0 saturated heterocycles. The van der Waals surface area contributed by atoms with Gasteiger partial charge in [0.15, 0.2) is 0 Å². The van der Waals surface area contributed by atoms with Crippen molar-refractivity contribution in [2.24, 2.45) is 0 Å². The van der Waals surface area contributed by atoms with Crippen LogP contribution in [0, 0.1) is 4.51 Å². The molecule has 1 nitrogen and oxygen atoms in total. The monoisotopic (exact) mass is 167 g/mol. The first-order valence-electron chi connectivity index (χ1n) is 3.69. The molecule has 1 aromatic heterocycles. The lowest BCUT2D eigenvalue weighted by atomic mass is 9.92. The van der Waals surface area contributed by atoms with E-state index in [4.69, 9.17) is 12.2 Å². The molecule has 1 rings (SSSR count). The summed E-state index contributed by atoms with van der Waals surface area (Å²) in [6.45, 7) is 6.48. The summed E-state index contributed by atoms with van der Waals surface area (Å²) in [4.78, 5) is 3.18. The van der Waals surface area contributed by atoms with Gasteiger partial charge in [0.25, 0.3) is 0 Å². The van der Waals surface area contributed by atoms with Crippen molar-refractivity contribution in [1.29, 1.82) is 0 Å². The van der Waals surface area contributed by atoms with E-state index in [0.29, 0.717) is 0 Å². The Hall–Kier alpha value is -0.630. The van der Waals surface area contributed by atoms with Crippen molar-refractivity contribution in [3.05, 3.63) is 28.5 Å². The van der Waals surface area contributed by atoms with Crippen LogP contribution in [0.3, 0.4) is 0 Å². The van der Waals surface area contributed by atoms with Crippen LogP contribution in [-0.4, -0.2) is 4.98 Å². The Balaban J connectivity index is 3.16. The fourth-order valence-electron chi connectivity index (χ4n) is 0.879. The summed E-state index contributed by atoms with van der Waals surface area (Å²) >= 11 is 5.05. The first-order valence-corrected chi connectivity index (χ1v) is 4.10. The maximum atomic E-state index is 5.05. The normalized spacial score (nSPS) is 11.5. The van der Waals surface area contributed by atoms with Gasteiger partial charge in [-0.3, -0.25) is 0 Å². The third-order valence-corrected chi connectivity index (χ3v) is 1.83. The van der Waals surface area contributed by atoms with Crippen molar-refractivity contribution in [3.8, 4) is 0 Å². The molecule has 0 aliphatic carbocycles. The SMILES string of the molecule is CC(C)(C)c1cc(=S)cc[nH]1. The molecule has 0 bridgehead atoms. The number of pyridine rings is 1. The fraction of sp³-hybridized carbons (Fsp3) is 0.444. The molecule has 11 heavy (non-hydrogen) atoms. The summed E-state index contributed by atoms with van der Waals surface area (Å²) in [7, 11) is 0. The molecule has 0 aliphatic rings. The second kappa shape index (κ2) is 2.78. The van der Waals surface area contributed by atoms with E-state index in [1.54, 1.807) is 0 Å². The van der Waals surface area contributed by atoms with Gasteiger partial charge in [-0.15, -0.1) is 0 Å². The molecule has 0 saturated carbocycles. The zero-order chi connectivity index (χ0) is 8.48. The molecule has 2 heteroatoms. The first kappa shape index (κ1) is 8.47. The van der Waals surface area contributed by atoms with Gasteiger partial charge in [0.2, 0.25) is 0 Å². The minimum atomic E-state index is 0.162. The molecule has 0 unspecified atom stereocenters. The van der Waals surface area contributed by atoms with Crippen LogP contribution in [0.4, 0.5) is 0 Å². The van der Waals surface area contributed by atoms with E-state index in [1.165, 1.54) is 5.69 Å². The van der Waals surface area contributed by atoms with Gasteiger partial charge in [-0.25, -0.2) is 0 Å². The molecule has 0 aromatic carbocycles. The summed E-state index contributed by atoms with van der Waals surface area (Å²) in [6, 6.07) is 3.90. The van der Waals surface area contributed by atoms with E-state index in [9.17, 15) is 0 Å². The third kappa shape index (κ3) is 2.15. The molecular formula is C9H13NS. The zero-order valence-corrected chi connectivity index (χ0v) is 7.96. The van der Waals surface area contributed by atoms with Crippen LogP contribution in [0.2, 0.25) is 0 Å². The van der Waals surface area contributed by atoms with Gasteiger partial charge < -0.3 is 4.98 Å². The van der Waals surface area contributed by atoms with Crippen molar-refractivity contribution >= 4 is 12.2 Å². The predicted molar refractivity (Wildman–Crippen MR) is 50.3 cm³/mol. The average Bonchev–Trinajstić information content (AvgIpc) is 1.86. The van der Waals surface area contributed by atoms with E-state index in [-0.39, 0.29) is 5.41 Å². The maximum absolute atomic E-state index is 5.05. The summed E-state index contributed by atoms with van der Waals surface area (Å²) < 4.78 is 0.897. The Morgan fingerprint density at radius 3 is 2.36 bits per heavy atom. The van der Waals surface area contributed by atoms with E-state index in [1.807, 2.05) is 18.3 Å². The standard InChI is InChI=1S/C9H13NS/c1-9(2,3)8-6-7(11)4-5-10-8/h4-6H,1-3H3,(H,10,11). The zero-order valence-electron chi connectivity index (χ0n) is 7.14. The van der Waals surface area contributed by atoms with Crippen molar-refractivity contribution < 1.29 is 0 Å². The lowest BCUT2D eigenvalue weighted by Crippen LogP contribution is -2.12. The summed E-state index contributed by atoms with van der Waals surface area (Å²) in [5, 5.41) is 0. The predicted octanol–water partition coefficient (Wildman–Crippen LogP) is 3.04. The molecule has 60 valence electrons. The van der Waals surface area contributed by atoms with Crippen LogP contribution in [0.25, 0.3) is 0 Å². The third-order valence-electron chi connectivity index (χ3n) is 1.58. The van der Waals surface area contributed by atoms with Crippen LogP contribution < -0.4 is 0 Å². The molecule has 0 radical (unpaired) electrons. The number of aromatic amines is 1. The minimum Gasteiger partial charge on any atom is -0.364 e. The van der Waals surface area contributed by atoms with Crippen LogP contribution in [0.1, 0.15) is 26.5 Å². The lowest BCUT2D eigenvalue weighted by molar-refractivity contribution is 0.568. The average molecular weight is 167 g/mol. The van der Waals surface area contributed by atoms with Crippen molar-refractivity contribution in [3.63, 3.8) is 0 Å². The molecule has 1 N–H and O–H groups in total. The highest BCUT2D eigenvalue weighted by molar-refractivity contribution is 7.71. The first-order chi connectivity index (χ1) is 5.00. The van der Waals surface area contributed by atoms with E-state index in [0.717, 1.165) is 4.51 Å². The van der Waals surface area contributed by atoms with Gasteiger partial charge >= 0.3 is 0 Å². The second-order valence-electron chi connectivity index (χ2n) is 3.69. The van der Waals surface area contributed by atoms with Gasteiger partial charge in [0.1, 0.15) is 0 Å². The molecule has 0 amide bonds. The van der Waals surface area contributed by atoms with Gasteiger partial charge in [0.05, 0.1) is 0 Å². The highest BCUT2D eigenvalue weighted by Crippen LogP contribution is 2.18. The number of rotatable bonds is 0. The fourth-order valence-corrected chi connectivity index (χ4v) is 1.06. The largest absolute Gasteiger partial charge is 0.364 e. The van der Waals surface area contributed by atoms with Crippen LogP contribution in [0.15, 0.2) is 18.3 Å². The summed E-state index contributed by atoms with van der Waals surface area (Å²) in [5.74, 6) is 0. The minimum absolute atomic E-state index is 0.162. The molecule has 0 fully saturated rings. The number of aromatic nitrogens is 1. The van der Waals surface area contributed by atoms with E-state index >= 15 is 0 Å². The Labute approximate surface area is 72.5 Å². The molecule has 0 atom stereocenters. The number of hydrogen-bond donors (Lipinski definition) is 1. The van der Waals surface area contributed by atoms with E-state index in [2.05, 4.69) is 25.8 Å². The maximum Gasteiger partial charge on any atom is 0.0409 e. The molecule has 0 spiro atoms. The van der Waals surface area contributed by atoms with Gasteiger partial charge in [-0.2, -0.15) is 0 Å². The van der Waals surface area contributed by atoms with Gasteiger partial charge in [-0.05, 0) is 12.1 Å². The van der Waals surface area contributed by atoms with Gasteiger partial charge in [0, 0.05) is 21.8 Å². The molecule has 1 heterocycles. The topological polar surface area (TPSA) is 15.8 Å². The summed E-state index contributed by atoms with van der Waals surface area (Å²) in [6.07, 6.45) is 1.89. The van der Waals surface area contributed by atoms with Gasteiger partial charge in [-0.1, -0.05) is 33.0 Å². The van der Waals surface area contributed by atoms with Crippen LogP contribution in [-0.2, 0) is 5.41 Å². The summed E-state index contributed by atoms with van der Waals surface area (Å²) in [5.41, 5.74) is 1.35. The van der Waals surface area contributed by atoms with Crippen LogP contribution in [0.5, 0.6) is 0 Å². The molecular weight excluding hydrogens is 154 g/mol. The Bertz CT molecular complexity index is 293. The Morgan fingerprint density at radius 1 is 1.36 bits per heavy atom. The second-order valence-corrected chi connectivity index (χ2v) is 4.16. The Morgan fingerprint density at radius 2 is 2.00 bits per heavy atom. The lowest BCUT2D eigenvalue weighted by Gasteiger charge is -2.17. The smallest absolute Gasteiger partial charge is 0.0409 e.